The van der Waals surface area contributed by atoms with Crippen LogP contribution in [0.15, 0.2) is 48.5 Å². The molecule has 2 aromatic rings. The van der Waals surface area contributed by atoms with Crippen LogP contribution in [0.4, 0.5) is 5.69 Å². The molecule has 4 unspecified atom stereocenters. The number of anilines is 1. The Morgan fingerprint density at radius 1 is 0.771 bits per heavy atom. The molecule has 8 heteroatoms. The van der Waals surface area contributed by atoms with Gasteiger partial charge in [-0.15, -0.1) is 0 Å². The average molecular weight is 667 g/mol. The maximum Gasteiger partial charge on any atom is 0.303 e. The summed E-state index contributed by atoms with van der Waals surface area (Å²) in [6, 6.07) is 15.6. The highest BCUT2D eigenvalue weighted by Crippen LogP contribution is 2.42. The molecule has 0 radical (unpaired) electrons. The summed E-state index contributed by atoms with van der Waals surface area (Å²) in [4.78, 5) is 26.0. The minimum absolute atomic E-state index is 0.00358. The van der Waals surface area contributed by atoms with E-state index in [1.807, 2.05) is 48.5 Å². The number of rotatable bonds is 24. The third kappa shape index (κ3) is 14.4. The molecule has 1 heterocycles. The standard InChI is InChI=1S/C40H62N2O6/c1-4-6-8-10-12-14-26-42(27-15-13-11-9-7-5-2)29-36-31(3)39(33-24-22-32(30-43)23-25-33)48-40(47-36)34-18-16-19-35(28-34)41-37(44)20-17-21-38(45)46/h16,18-19,22-25,28,31,36,39-40,43H,4-15,17,20-21,26-27,29-30H2,1-3H3,(H,41,44)(H,45,46). The van der Waals surface area contributed by atoms with Gasteiger partial charge in [-0.1, -0.05) is 121 Å². The lowest BCUT2D eigenvalue weighted by molar-refractivity contribution is -0.276. The fourth-order valence-electron chi connectivity index (χ4n) is 6.50. The molecule has 0 saturated carbocycles. The molecule has 1 saturated heterocycles. The predicted octanol–water partition coefficient (Wildman–Crippen LogP) is 9.19. The molecule has 0 aromatic heterocycles. The molecule has 3 N–H and O–H groups in total. The first-order valence-electron chi connectivity index (χ1n) is 18.7. The Hall–Kier alpha value is -2.78. The molecular weight excluding hydrogens is 604 g/mol. The summed E-state index contributed by atoms with van der Waals surface area (Å²) in [5, 5.41) is 21.5. The highest BCUT2D eigenvalue weighted by molar-refractivity contribution is 5.90. The van der Waals surface area contributed by atoms with Gasteiger partial charge in [0.15, 0.2) is 6.29 Å². The SMILES string of the molecule is CCCCCCCCN(CCCCCCCC)CC1OC(c2cccc(NC(=O)CCCC(=O)O)c2)OC(c2ccc(CO)cc2)C1C. The van der Waals surface area contributed by atoms with Crippen molar-refractivity contribution in [2.75, 3.05) is 25.0 Å². The molecule has 3 rings (SSSR count). The van der Waals surface area contributed by atoms with E-state index >= 15 is 0 Å². The number of hydrogen-bond acceptors (Lipinski definition) is 6. The summed E-state index contributed by atoms with van der Waals surface area (Å²) in [6.45, 7) is 9.70. The Bertz CT molecular complexity index is 1170. The number of nitrogens with zero attached hydrogens (tertiary/aromatic N) is 1. The van der Waals surface area contributed by atoms with Gasteiger partial charge in [-0.25, -0.2) is 0 Å². The number of unbranched alkanes of at least 4 members (excludes halogenated alkanes) is 10. The number of nitrogens with one attached hydrogen (secondary N) is 1. The second kappa shape index (κ2) is 22.8. The zero-order chi connectivity index (χ0) is 34.6. The molecule has 1 aliphatic rings. The third-order valence-corrected chi connectivity index (χ3v) is 9.45. The minimum atomic E-state index is -0.904. The van der Waals surface area contributed by atoms with E-state index < -0.39 is 12.3 Å². The maximum absolute atomic E-state index is 12.5. The predicted molar refractivity (Wildman–Crippen MR) is 193 cm³/mol. The third-order valence-electron chi connectivity index (χ3n) is 9.45. The van der Waals surface area contributed by atoms with Crippen molar-refractivity contribution in [3.05, 3.63) is 65.2 Å². The number of aliphatic hydroxyl groups excluding tert-OH is 1. The minimum Gasteiger partial charge on any atom is -0.481 e. The lowest BCUT2D eigenvalue weighted by Crippen LogP contribution is -2.45. The van der Waals surface area contributed by atoms with Gasteiger partial charge in [-0.3, -0.25) is 9.59 Å². The van der Waals surface area contributed by atoms with Crippen LogP contribution in [-0.4, -0.2) is 52.7 Å². The monoisotopic (exact) mass is 666 g/mol. The van der Waals surface area contributed by atoms with Gasteiger partial charge in [-0.2, -0.15) is 0 Å². The number of benzene rings is 2. The zero-order valence-electron chi connectivity index (χ0n) is 29.8. The van der Waals surface area contributed by atoms with Crippen LogP contribution < -0.4 is 5.32 Å². The lowest BCUT2D eigenvalue weighted by atomic mass is 9.90. The van der Waals surface area contributed by atoms with Crippen molar-refractivity contribution in [3.8, 4) is 0 Å². The number of carboxylic acids is 1. The van der Waals surface area contributed by atoms with Crippen LogP contribution in [0, 0.1) is 5.92 Å². The molecule has 268 valence electrons. The molecule has 0 bridgehead atoms. The second-order valence-corrected chi connectivity index (χ2v) is 13.6. The van der Waals surface area contributed by atoms with Crippen LogP contribution in [0.25, 0.3) is 0 Å². The first-order chi connectivity index (χ1) is 23.3. The fraction of sp³-hybridized carbons (Fsp3) is 0.650. The molecule has 4 atom stereocenters. The van der Waals surface area contributed by atoms with Gasteiger partial charge in [-0.05, 0) is 55.6 Å². The smallest absolute Gasteiger partial charge is 0.303 e. The van der Waals surface area contributed by atoms with Crippen LogP contribution in [0.2, 0.25) is 0 Å². The molecule has 48 heavy (non-hydrogen) atoms. The van der Waals surface area contributed by atoms with Crippen molar-refractivity contribution < 1.29 is 29.3 Å². The normalized spacial score (nSPS) is 19.4. The largest absolute Gasteiger partial charge is 0.481 e. The number of aliphatic carboxylic acids is 1. The molecule has 8 nitrogen and oxygen atoms in total. The Morgan fingerprint density at radius 3 is 2.00 bits per heavy atom. The lowest BCUT2D eigenvalue weighted by Gasteiger charge is -2.43. The van der Waals surface area contributed by atoms with E-state index in [1.165, 1.54) is 77.0 Å². The van der Waals surface area contributed by atoms with Crippen LogP contribution >= 0.6 is 0 Å². The van der Waals surface area contributed by atoms with E-state index in [2.05, 4.69) is 31.0 Å². The number of carbonyl (C=O) groups is 2. The van der Waals surface area contributed by atoms with Gasteiger partial charge in [0, 0.05) is 36.6 Å². The zero-order valence-corrected chi connectivity index (χ0v) is 29.8. The molecule has 0 aliphatic carbocycles. The average Bonchev–Trinajstić information content (AvgIpc) is 3.08. The number of carbonyl (C=O) groups excluding carboxylic acids is 1. The van der Waals surface area contributed by atoms with Crippen molar-refractivity contribution in [1.29, 1.82) is 0 Å². The van der Waals surface area contributed by atoms with E-state index in [1.54, 1.807) is 0 Å². The van der Waals surface area contributed by atoms with E-state index in [0.717, 1.165) is 36.3 Å². The van der Waals surface area contributed by atoms with Crippen LogP contribution in [0.5, 0.6) is 0 Å². The number of carboxylic acid groups (broad SMARTS) is 1. The van der Waals surface area contributed by atoms with E-state index in [9.17, 15) is 14.7 Å². The molecular formula is C40H62N2O6. The summed E-state index contributed by atoms with van der Waals surface area (Å²) in [6.07, 6.45) is 14.8. The number of aliphatic hydroxyl groups is 1. The quantitative estimate of drug-likeness (QED) is 0.0959. The topological polar surface area (TPSA) is 108 Å². The van der Waals surface area contributed by atoms with Crippen LogP contribution in [0.1, 0.15) is 146 Å². The number of amides is 1. The van der Waals surface area contributed by atoms with Crippen LogP contribution in [0.3, 0.4) is 0 Å². The Labute approximate surface area is 289 Å². The molecule has 0 spiro atoms. The van der Waals surface area contributed by atoms with Crippen molar-refractivity contribution in [3.63, 3.8) is 0 Å². The molecule has 1 fully saturated rings. The summed E-state index contributed by atoms with van der Waals surface area (Å²) in [5.74, 6) is -1.03. The first-order valence-corrected chi connectivity index (χ1v) is 18.7. The van der Waals surface area contributed by atoms with Crippen molar-refractivity contribution in [2.45, 2.75) is 142 Å². The van der Waals surface area contributed by atoms with Crippen molar-refractivity contribution in [2.24, 2.45) is 5.92 Å². The first kappa shape index (κ1) is 39.7. The molecule has 1 aliphatic heterocycles. The van der Waals surface area contributed by atoms with Crippen LogP contribution in [-0.2, 0) is 25.7 Å². The van der Waals surface area contributed by atoms with E-state index in [-0.39, 0.29) is 43.5 Å². The Kier molecular flexibility index (Phi) is 18.8. The van der Waals surface area contributed by atoms with Gasteiger partial charge in [0.25, 0.3) is 0 Å². The Balaban J connectivity index is 1.77. The summed E-state index contributed by atoms with van der Waals surface area (Å²) in [5.41, 5.74) is 3.37. The van der Waals surface area contributed by atoms with E-state index in [0.29, 0.717) is 12.1 Å². The number of ether oxygens (including phenoxy) is 2. The summed E-state index contributed by atoms with van der Waals surface area (Å²) in [7, 11) is 0. The van der Waals surface area contributed by atoms with Crippen molar-refractivity contribution >= 4 is 17.6 Å². The highest BCUT2D eigenvalue weighted by atomic mass is 16.7. The summed E-state index contributed by atoms with van der Waals surface area (Å²) >= 11 is 0. The van der Waals surface area contributed by atoms with E-state index in [4.69, 9.17) is 14.6 Å². The van der Waals surface area contributed by atoms with Crippen molar-refractivity contribution in [1.82, 2.24) is 4.90 Å². The van der Waals surface area contributed by atoms with Gasteiger partial charge in [0.1, 0.15) is 0 Å². The van der Waals surface area contributed by atoms with Gasteiger partial charge >= 0.3 is 5.97 Å². The Morgan fingerprint density at radius 2 is 1.40 bits per heavy atom. The summed E-state index contributed by atoms with van der Waals surface area (Å²) < 4.78 is 13.5. The second-order valence-electron chi connectivity index (χ2n) is 13.6. The molecule has 1 amide bonds. The highest BCUT2D eigenvalue weighted by Gasteiger charge is 2.39. The molecule has 2 aromatic carbocycles. The maximum atomic E-state index is 12.5. The van der Waals surface area contributed by atoms with Gasteiger partial charge in [0.2, 0.25) is 5.91 Å². The number of hydrogen-bond donors (Lipinski definition) is 3. The fourth-order valence-corrected chi connectivity index (χ4v) is 6.50. The van der Waals surface area contributed by atoms with Gasteiger partial charge < -0.3 is 29.9 Å². The van der Waals surface area contributed by atoms with Gasteiger partial charge in [0.05, 0.1) is 18.8 Å².